The van der Waals surface area contributed by atoms with E-state index in [9.17, 15) is 10.1 Å². The summed E-state index contributed by atoms with van der Waals surface area (Å²) in [6.45, 7) is 2.85. The van der Waals surface area contributed by atoms with E-state index in [0.717, 1.165) is 18.7 Å². The van der Waals surface area contributed by atoms with Crippen LogP contribution in [-0.4, -0.2) is 47.3 Å². The number of aliphatic hydroxyl groups excluding tert-OH is 1. The van der Waals surface area contributed by atoms with Crippen molar-refractivity contribution in [2.24, 2.45) is 0 Å². The van der Waals surface area contributed by atoms with Crippen LogP contribution >= 0.6 is 0 Å². The third-order valence-electron chi connectivity index (χ3n) is 2.98. The van der Waals surface area contributed by atoms with Crippen molar-refractivity contribution in [2.75, 3.05) is 26.3 Å². The molecule has 6 heteroatoms. The van der Waals surface area contributed by atoms with Crippen LogP contribution in [0, 0.1) is 10.1 Å². The van der Waals surface area contributed by atoms with E-state index >= 15 is 0 Å². The van der Waals surface area contributed by atoms with Crippen molar-refractivity contribution in [3.05, 3.63) is 39.9 Å². The molecule has 2 rings (SSSR count). The van der Waals surface area contributed by atoms with Crippen molar-refractivity contribution in [1.29, 1.82) is 0 Å². The van der Waals surface area contributed by atoms with E-state index in [-0.39, 0.29) is 18.4 Å². The predicted molar refractivity (Wildman–Crippen MR) is 65.2 cm³/mol. The fourth-order valence-electron chi connectivity index (χ4n) is 2.02. The van der Waals surface area contributed by atoms with Gasteiger partial charge < -0.3 is 9.84 Å². The summed E-state index contributed by atoms with van der Waals surface area (Å²) in [5, 5.41) is 19.6. The van der Waals surface area contributed by atoms with Gasteiger partial charge in [-0.05, 0) is 5.56 Å². The maximum Gasteiger partial charge on any atom is 0.269 e. The van der Waals surface area contributed by atoms with Crippen molar-refractivity contribution in [3.8, 4) is 0 Å². The summed E-state index contributed by atoms with van der Waals surface area (Å²) in [5.41, 5.74) is 1.13. The molecular formula is C12H16N2O4. The van der Waals surface area contributed by atoms with Gasteiger partial charge in [-0.2, -0.15) is 0 Å². The van der Waals surface area contributed by atoms with Crippen LogP contribution < -0.4 is 0 Å². The highest BCUT2D eigenvalue weighted by molar-refractivity contribution is 5.32. The summed E-state index contributed by atoms with van der Waals surface area (Å²) in [6.07, 6.45) is -0.128. The van der Waals surface area contributed by atoms with E-state index in [2.05, 4.69) is 4.90 Å². The number of ether oxygens (including phenoxy) is 1. The molecule has 0 aliphatic carbocycles. The van der Waals surface area contributed by atoms with Crippen molar-refractivity contribution >= 4 is 5.69 Å². The van der Waals surface area contributed by atoms with Gasteiger partial charge in [0.25, 0.3) is 5.69 Å². The Labute approximate surface area is 105 Å². The topological polar surface area (TPSA) is 75.8 Å². The van der Waals surface area contributed by atoms with Gasteiger partial charge in [0.1, 0.15) is 0 Å². The van der Waals surface area contributed by atoms with Crippen LogP contribution in [0.3, 0.4) is 0 Å². The van der Waals surface area contributed by atoms with Crippen LogP contribution in [0.5, 0.6) is 0 Å². The normalized spacial score (nSPS) is 20.8. The first kappa shape index (κ1) is 12.9. The first-order chi connectivity index (χ1) is 8.69. The molecule has 1 aliphatic rings. The summed E-state index contributed by atoms with van der Waals surface area (Å²) in [5.74, 6) is 0. The second kappa shape index (κ2) is 5.90. The van der Waals surface area contributed by atoms with Crippen LogP contribution in [0.4, 0.5) is 5.69 Å². The average molecular weight is 252 g/mol. The molecule has 1 saturated heterocycles. The third-order valence-corrected chi connectivity index (χ3v) is 2.98. The molecule has 1 aromatic carbocycles. The maximum absolute atomic E-state index is 10.5. The fourth-order valence-corrected chi connectivity index (χ4v) is 2.02. The number of hydrogen-bond donors (Lipinski definition) is 1. The molecule has 1 heterocycles. The molecule has 1 unspecified atom stereocenters. The molecular weight excluding hydrogens is 236 g/mol. The second-order valence-corrected chi connectivity index (χ2v) is 4.33. The zero-order chi connectivity index (χ0) is 13.0. The fraction of sp³-hybridized carbons (Fsp3) is 0.500. The molecule has 1 aromatic rings. The molecule has 0 aromatic heterocycles. The zero-order valence-electron chi connectivity index (χ0n) is 9.99. The van der Waals surface area contributed by atoms with Crippen molar-refractivity contribution in [2.45, 2.75) is 12.6 Å². The standard InChI is InChI=1S/C12H16N2O4/c15-9-12-8-13(5-6-18-12)7-10-1-3-11(4-2-10)14(16)17/h1-4,12,15H,5-9H2. The number of hydrogen-bond acceptors (Lipinski definition) is 5. The van der Waals surface area contributed by atoms with Gasteiger partial charge in [0.05, 0.1) is 24.2 Å². The predicted octanol–water partition coefficient (Wildman–Crippen LogP) is 0.788. The highest BCUT2D eigenvalue weighted by Crippen LogP contribution is 2.15. The Morgan fingerprint density at radius 3 is 2.78 bits per heavy atom. The molecule has 1 fully saturated rings. The number of aliphatic hydroxyl groups is 1. The van der Waals surface area contributed by atoms with Crippen molar-refractivity contribution < 1.29 is 14.8 Å². The monoisotopic (exact) mass is 252 g/mol. The number of non-ortho nitro benzene ring substituents is 1. The number of nitro benzene ring substituents is 1. The largest absolute Gasteiger partial charge is 0.394 e. The minimum Gasteiger partial charge on any atom is -0.394 e. The van der Waals surface area contributed by atoms with Gasteiger partial charge >= 0.3 is 0 Å². The third kappa shape index (κ3) is 3.25. The summed E-state index contributed by atoms with van der Waals surface area (Å²) in [7, 11) is 0. The Morgan fingerprint density at radius 1 is 1.44 bits per heavy atom. The van der Waals surface area contributed by atoms with Crippen molar-refractivity contribution in [3.63, 3.8) is 0 Å². The summed E-state index contributed by atoms with van der Waals surface area (Å²) in [6, 6.07) is 6.56. The van der Waals surface area contributed by atoms with Crippen LogP contribution in [0.2, 0.25) is 0 Å². The molecule has 98 valence electrons. The van der Waals surface area contributed by atoms with Crippen LogP contribution in [0.25, 0.3) is 0 Å². The zero-order valence-corrected chi connectivity index (χ0v) is 9.99. The Bertz CT molecular complexity index is 407. The van der Waals surface area contributed by atoms with Gasteiger partial charge in [0.2, 0.25) is 0 Å². The summed E-state index contributed by atoms with van der Waals surface area (Å²) in [4.78, 5) is 12.3. The second-order valence-electron chi connectivity index (χ2n) is 4.33. The van der Waals surface area contributed by atoms with E-state index in [4.69, 9.17) is 9.84 Å². The molecule has 1 atom stereocenters. The maximum atomic E-state index is 10.5. The van der Waals surface area contributed by atoms with Gasteiger partial charge in [0.15, 0.2) is 0 Å². The molecule has 1 N–H and O–H groups in total. The molecule has 0 bridgehead atoms. The molecule has 0 radical (unpaired) electrons. The van der Waals surface area contributed by atoms with Gasteiger partial charge in [-0.3, -0.25) is 15.0 Å². The molecule has 0 saturated carbocycles. The lowest BCUT2D eigenvalue weighted by Gasteiger charge is -2.31. The van der Waals surface area contributed by atoms with Gasteiger partial charge in [-0.1, -0.05) is 12.1 Å². The van der Waals surface area contributed by atoms with Gasteiger partial charge in [-0.15, -0.1) is 0 Å². The smallest absolute Gasteiger partial charge is 0.269 e. The summed E-state index contributed by atoms with van der Waals surface area (Å²) < 4.78 is 5.36. The van der Waals surface area contributed by atoms with E-state index in [1.807, 2.05) is 0 Å². The quantitative estimate of drug-likeness (QED) is 0.633. The number of rotatable bonds is 4. The number of benzene rings is 1. The molecule has 0 amide bonds. The molecule has 1 aliphatic heterocycles. The van der Waals surface area contributed by atoms with E-state index in [0.29, 0.717) is 13.2 Å². The van der Waals surface area contributed by atoms with Crippen molar-refractivity contribution in [1.82, 2.24) is 4.90 Å². The number of morpholine rings is 1. The van der Waals surface area contributed by atoms with Crippen LogP contribution in [0.15, 0.2) is 24.3 Å². The Morgan fingerprint density at radius 2 is 2.17 bits per heavy atom. The van der Waals surface area contributed by atoms with E-state index in [1.54, 1.807) is 12.1 Å². The van der Waals surface area contributed by atoms with Crippen LogP contribution in [-0.2, 0) is 11.3 Å². The van der Waals surface area contributed by atoms with Gasteiger partial charge in [0, 0.05) is 31.8 Å². The first-order valence-electron chi connectivity index (χ1n) is 5.87. The lowest BCUT2D eigenvalue weighted by molar-refractivity contribution is -0.384. The van der Waals surface area contributed by atoms with E-state index < -0.39 is 4.92 Å². The van der Waals surface area contributed by atoms with E-state index in [1.165, 1.54) is 12.1 Å². The lowest BCUT2D eigenvalue weighted by Crippen LogP contribution is -2.43. The first-order valence-corrected chi connectivity index (χ1v) is 5.87. The molecule has 0 spiro atoms. The minimum atomic E-state index is -0.402. The Balaban J connectivity index is 1.94. The van der Waals surface area contributed by atoms with Crippen LogP contribution in [0.1, 0.15) is 5.56 Å². The molecule has 18 heavy (non-hydrogen) atoms. The number of nitro groups is 1. The van der Waals surface area contributed by atoms with Gasteiger partial charge in [-0.25, -0.2) is 0 Å². The highest BCUT2D eigenvalue weighted by atomic mass is 16.6. The number of nitrogens with zero attached hydrogens (tertiary/aromatic N) is 2. The lowest BCUT2D eigenvalue weighted by atomic mass is 10.1. The highest BCUT2D eigenvalue weighted by Gasteiger charge is 2.19. The Kier molecular flexibility index (Phi) is 4.24. The SMILES string of the molecule is O=[N+]([O-])c1ccc(CN2CCOC(CO)C2)cc1. The minimum absolute atomic E-state index is 0.0246. The average Bonchev–Trinajstić information content (AvgIpc) is 2.39. The summed E-state index contributed by atoms with van der Waals surface area (Å²) >= 11 is 0. The molecule has 6 nitrogen and oxygen atoms in total. The Hall–Kier alpha value is -1.50.